The van der Waals surface area contributed by atoms with Gasteiger partial charge in [0.25, 0.3) is 0 Å². The molecule has 21 heavy (non-hydrogen) atoms. The van der Waals surface area contributed by atoms with Gasteiger partial charge in [0.1, 0.15) is 0 Å². The Labute approximate surface area is 127 Å². The monoisotopic (exact) mass is 289 g/mol. The standard InChI is InChI=1S/C16H27N5/c1-11-12(2)18-19-16(14(11)9-17)21-8-6-15-13(10-21)5-4-7-20(15)3/h13,15H,4-10,17H2,1-3H3. The van der Waals surface area contributed by atoms with Crippen LogP contribution < -0.4 is 10.6 Å². The average molecular weight is 289 g/mol. The largest absolute Gasteiger partial charge is 0.354 e. The zero-order valence-corrected chi connectivity index (χ0v) is 13.5. The highest BCUT2D eigenvalue weighted by Gasteiger charge is 2.35. The minimum absolute atomic E-state index is 0.544. The Balaban J connectivity index is 1.84. The number of likely N-dealkylation sites (tertiary alicyclic amines) is 1. The fourth-order valence-corrected chi connectivity index (χ4v) is 3.99. The SMILES string of the molecule is Cc1nnc(N2CCC3C(CCCN3C)C2)c(CN)c1C. The molecule has 3 rings (SSSR count). The van der Waals surface area contributed by atoms with Gasteiger partial charge < -0.3 is 15.5 Å². The molecule has 2 N–H and O–H groups in total. The van der Waals surface area contributed by atoms with Crippen LogP contribution in [-0.4, -0.2) is 47.8 Å². The molecule has 0 amide bonds. The van der Waals surface area contributed by atoms with Gasteiger partial charge in [-0.3, -0.25) is 0 Å². The van der Waals surface area contributed by atoms with E-state index in [1.807, 2.05) is 6.92 Å². The summed E-state index contributed by atoms with van der Waals surface area (Å²) in [6, 6.07) is 0.746. The van der Waals surface area contributed by atoms with Gasteiger partial charge in [-0.05, 0) is 58.2 Å². The second kappa shape index (κ2) is 5.89. The third-order valence-corrected chi connectivity index (χ3v) is 5.41. The molecule has 2 saturated heterocycles. The molecule has 0 spiro atoms. The number of nitrogens with zero attached hydrogens (tertiary/aromatic N) is 4. The summed E-state index contributed by atoms with van der Waals surface area (Å²) in [5, 5.41) is 8.80. The molecular weight excluding hydrogens is 262 g/mol. The van der Waals surface area contributed by atoms with Crippen LogP contribution in [0.1, 0.15) is 36.1 Å². The van der Waals surface area contributed by atoms with Crippen LogP contribution in [0.15, 0.2) is 0 Å². The molecular formula is C16H27N5. The number of hydrogen-bond donors (Lipinski definition) is 1. The summed E-state index contributed by atoms with van der Waals surface area (Å²) >= 11 is 0. The molecule has 2 aliphatic rings. The van der Waals surface area contributed by atoms with E-state index in [9.17, 15) is 0 Å². The van der Waals surface area contributed by atoms with Gasteiger partial charge in [-0.1, -0.05) is 0 Å². The molecule has 5 nitrogen and oxygen atoms in total. The van der Waals surface area contributed by atoms with Crippen molar-refractivity contribution in [1.82, 2.24) is 15.1 Å². The molecule has 0 aromatic carbocycles. The van der Waals surface area contributed by atoms with Crippen molar-refractivity contribution in [2.75, 3.05) is 31.6 Å². The number of nitrogens with two attached hydrogens (primary N) is 1. The Hall–Kier alpha value is -1.20. The van der Waals surface area contributed by atoms with Crippen LogP contribution in [0.2, 0.25) is 0 Å². The molecule has 2 atom stereocenters. The molecule has 0 bridgehead atoms. The van der Waals surface area contributed by atoms with Crippen molar-refractivity contribution in [2.24, 2.45) is 11.7 Å². The van der Waals surface area contributed by atoms with Crippen molar-refractivity contribution in [2.45, 2.75) is 45.7 Å². The summed E-state index contributed by atoms with van der Waals surface area (Å²) in [7, 11) is 2.27. The zero-order chi connectivity index (χ0) is 15.0. The maximum atomic E-state index is 5.98. The smallest absolute Gasteiger partial charge is 0.156 e. The van der Waals surface area contributed by atoms with E-state index in [0.717, 1.165) is 36.6 Å². The molecule has 1 aromatic heterocycles. The minimum atomic E-state index is 0.544. The van der Waals surface area contributed by atoms with E-state index < -0.39 is 0 Å². The summed E-state index contributed by atoms with van der Waals surface area (Å²) in [6.45, 7) is 8.07. The fraction of sp³-hybridized carbons (Fsp3) is 0.750. The Kier molecular flexibility index (Phi) is 4.13. The number of piperidine rings is 2. The van der Waals surface area contributed by atoms with Crippen molar-refractivity contribution in [1.29, 1.82) is 0 Å². The Bertz CT molecular complexity index is 516. The summed E-state index contributed by atoms with van der Waals surface area (Å²) in [4.78, 5) is 4.96. The molecule has 2 unspecified atom stereocenters. The minimum Gasteiger partial charge on any atom is -0.354 e. The van der Waals surface area contributed by atoms with Crippen LogP contribution >= 0.6 is 0 Å². The Morgan fingerprint density at radius 1 is 1.19 bits per heavy atom. The number of hydrogen-bond acceptors (Lipinski definition) is 5. The number of rotatable bonds is 2. The van der Waals surface area contributed by atoms with Crippen molar-refractivity contribution in [3.63, 3.8) is 0 Å². The highest BCUT2D eigenvalue weighted by Crippen LogP contribution is 2.32. The zero-order valence-electron chi connectivity index (χ0n) is 13.5. The average Bonchev–Trinajstić information content (AvgIpc) is 2.50. The van der Waals surface area contributed by atoms with E-state index >= 15 is 0 Å². The number of fused-ring (bicyclic) bond motifs is 1. The van der Waals surface area contributed by atoms with Crippen molar-refractivity contribution < 1.29 is 0 Å². The molecule has 2 fully saturated rings. The normalized spacial score (nSPS) is 26.8. The van der Waals surface area contributed by atoms with Gasteiger partial charge in [-0.25, -0.2) is 0 Å². The lowest BCUT2D eigenvalue weighted by molar-refractivity contribution is 0.102. The molecule has 0 aliphatic carbocycles. The first-order valence-electron chi connectivity index (χ1n) is 8.09. The fourth-order valence-electron chi connectivity index (χ4n) is 3.99. The van der Waals surface area contributed by atoms with Gasteiger partial charge in [-0.2, -0.15) is 5.10 Å². The number of anilines is 1. The van der Waals surface area contributed by atoms with Crippen LogP contribution in [0.3, 0.4) is 0 Å². The van der Waals surface area contributed by atoms with Crippen molar-refractivity contribution in [3.05, 3.63) is 16.8 Å². The summed E-state index contributed by atoms with van der Waals surface area (Å²) in [5.41, 5.74) is 9.34. The highest BCUT2D eigenvalue weighted by molar-refractivity contribution is 5.51. The van der Waals surface area contributed by atoms with Crippen LogP contribution in [0.5, 0.6) is 0 Å². The van der Waals surface area contributed by atoms with Gasteiger partial charge in [0.15, 0.2) is 5.82 Å². The van der Waals surface area contributed by atoms with Crippen molar-refractivity contribution in [3.8, 4) is 0 Å². The lowest BCUT2D eigenvalue weighted by atomic mass is 9.84. The van der Waals surface area contributed by atoms with Gasteiger partial charge in [0, 0.05) is 31.2 Å². The van der Waals surface area contributed by atoms with Crippen LogP contribution in [0.25, 0.3) is 0 Å². The van der Waals surface area contributed by atoms with Gasteiger partial charge in [0.05, 0.1) is 5.69 Å². The van der Waals surface area contributed by atoms with E-state index in [1.54, 1.807) is 0 Å². The maximum Gasteiger partial charge on any atom is 0.156 e. The second-order valence-electron chi connectivity index (χ2n) is 6.60. The van der Waals surface area contributed by atoms with Gasteiger partial charge in [0.2, 0.25) is 0 Å². The first-order valence-corrected chi connectivity index (χ1v) is 8.09. The predicted octanol–water partition coefficient (Wildman–Crippen LogP) is 1.47. The molecule has 0 saturated carbocycles. The first-order chi connectivity index (χ1) is 10.1. The molecule has 2 aliphatic heterocycles. The molecule has 1 aromatic rings. The number of aryl methyl sites for hydroxylation is 1. The van der Waals surface area contributed by atoms with Crippen LogP contribution in [0.4, 0.5) is 5.82 Å². The maximum absolute atomic E-state index is 5.98. The summed E-state index contributed by atoms with van der Waals surface area (Å²) < 4.78 is 0. The summed E-state index contributed by atoms with van der Waals surface area (Å²) in [5.74, 6) is 1.78. The van der Waals surface area contributed by atoms with Crippen LogP contribution in [-0.2, 0) is 6.54 Å². The lowest BCUT2D eigenvalue weighted by Crippen LogP contribution is -2.53. The van der Waals surface area contributed by atoms with E-state index in [2.05, 4.69) is 34.0 Å². The van der Waals surface area contributed by atoms with Crippen molar-refractivity contribution >= 4 is 5.82 Å². The van der Waals surface area contributed by atoms with E-state index in [0.29, 0.717) is 6.54 Å². The predicted molar refractivity (Wildman–Crippen MR) is 85.4 cm³/mol. The van der Waals surface area contributed by atoms with E-state index in [4.69, 9.17) is 5.73 Å². The first kappa shape index (κ1) is 14.7. The van der Waals surface area contributed by atoms with E-state index in [-0.39, 0.29) is 0 Å². The third kappa shape index (κ3) is 2.64. The lowest BCUT2D eigenvalue weighted by Gasteiger charge is -2.46. The third-order valence-electron chi connectivity index (χ3n) is 5.41. The Morgan fingerprint density at radius 3 is 2.76 bits per heavy atom. The Morgan fingerprint density at radius 2 is 2.00 bits per heavy atom. The van der Waals surface area contributed by atoms with Gasteiger partial charge in [-0.15, -0.1) is 5.10 Å². The van der Waals surface area contributed by atoms with Crippen LogP contribution in [0, 0.1) is 19.8 Å². The highest BCUT2D eigenvalue weighted by atomic mass is 15.3. The molecule has 5 heteroatoms. The van der Waals surface area contributed by atoms with E-state index in [1.165, 1.54) is 36.9 Å². The molecule has 0 radical (unpaired) electrons. The van der Waals surface area contributed by atoms with Gasteiger partial charge >= 0.3 is 0 Å². The quantitative estimate of drug-likeness (QED) is 0.893. The topological polar surface area (TPSA) is 58.3 Å². The second-order valence-corrected chi connectivity index (χ2v) is 6.60. The molecule has 116 valence electrons. The summed E-state index contributed by atoms with van der Waals surface area (Å²) in [6.07, 6.45) is 3.87. The molecule has 3 heterocycles. The number of aromatic nitrogens is 2.